The largest absolute Gasteiger partial charge is 0.444 e. The molecular formula is C33H36F4N6O4. The highest BCUT2D eigenvalue weighted by molar-refractivity contribution is 5.98. The average molecular weight is 657 g/mol. The van der Waals surface area contributed by atoms with Crippen molar-refractivity contribution in [2.24, 2.45) is 0 Å². The van der Waals surface area contributed by atoms with Gasteiger partial charge in [-0.1, -0.05) is 24.3 Å². The average Bonchev–Trinajstić information content (AvgIpc) is 3.00. The van der Waals surface area contributed by atoms with Crippen LogP contribution in [0.5, 0.6) is 11.6 Å². The van der Waals surface area contributed by atoms with Gasteiger partial charge in [0.1, 0.15) is 17.5 Å². The van der Waals surface area contributed by atoms with Crippen molar-refractivity contribution in [1.29, 1.82) is 0 Å². The highest BCUT2D eigenvalue weighted by Crippen LogP contribution is 2.39. The molecule has 3 N–H and O–H groups in total. The Bertz CT molecular complexity index is 1730. The van der Waals surface area contributed by atoms with Gasteiger partial charge in [-0.05, 0) is 57.5 Å². The summed E-state index contributed by atoms with van der Waals surface area (Å²) in [6, 6.07) is 13.3. The number of anilines is 2. The second kappa shape index (κ2) is 13.6. The first-order valence-electron chi connectivity index (χ1n) is 15.0. The summed E-state index contributed by atoms with van der Waals surface area (Å²) in [6.45, 7) is 6.50. The smallest absolute Gasteiger partial charge is 0.416 e. The number of benzene rings is 2. The van der Waals surface area contributed by atoms with Crippen molar-refractivity contribution < 1.29 is 36.9 Å². The number of piperidine rings is 1. The number of halogens is 4. The van der Waals surface area contributed by atoms with Gasteiger partial charge in [0.25, 0.3) is 0 Å². The van der Waals surface area contributed by atoms with Crippen molar-refractivity contribution in [3.05, 3.63) is 66.5 Å². The third kappa shape index (κ3) is 8.36. The fraction of sp³-hybridized carbons (Fsp3) is 0.394. The van der Waals surface area contributed by atoms with Crippen molar-refractivity contribution >= 4 is 28.5 Å². The lowest BCUT2D eigenvalue weighted by Crippen LogP contribution is -2.51. The van der Waals surface area contributed by atoms with E-state index in [9.17, 15) is 27.5 Å². The minimum absolute atomic E-state index is 0.0645. The van der Waals surface area contributed by atoms with Crippen LogP contribution in [0, 0.1) is 6.92 Å². The van der Waals surface area contributed by atoms with Crippen LogP contribution in [0.3, 0.4) is 0 Å². The van der Waals surface area contributed by atoms with E-state index in [1.165, 1.54) is 4.90 Å². The minimum atomic E-state index is -4.75. The SMILES string of the molecule is Cc1ccc2c(NCC(O)C(F)(F)F)cccc2c1Oc1ncccc1-c1ccnc(NC2CC(F)CN(C(=O)OC(C)(C)C)C2)n1. The maximum atomic E-state index is 14.7. The summed E-state index contributed by atoms with van der Waals surface area (Å²) in [4.78, 5) is 27.3. The second-order valence-corrected chi connectivity index (χ2v) is 12.3. The highest BCUT2D eigenvalue weighted by atomic mass is 19.4. The Labute approximate surface area is 269 Å². The third-order valence-electron chi connectivity index (χ3n) is 7.36. The van der Waals surface area contributed by atoms with Gasteiger partial charge in [0.05, 0.1) is 17.8 Å². The first-order valence-corrected chi connectivity index (χ1v) is 15.0. The fourth-order valence-electron chi connectivity index (χ4n) is 5.19. The molecule has 3 unspecified atom stereocenters. The standard InChI is InChI=1S/C33H36F4N6O4/c1-19-10-11-22-23(7-5-9-25(22)40-16-27(44)33(35,36)37)28(19)46-29-24(8-6-13-38-29)26-12-14-39-30(42-26)41-21-15-20(34)17-43(18-21)31(45)47-32(2,3)4/h5-14,20-21,27,40,44H,15-18H2,1-4H3,(H,39,41,42). The van der Waals surface area contributed by atoms with Crippen LogP contribution in [0.15, 0.2) is 60.9 Å². The molecule has 1 fully saturated rings. The number of rotatable bonds is 8. The van der Waals surface area contributed by atoms with Crippen LogP contribution in [0.25, 0.3) is 22.0 Å². The Kier molecular flexibility index (Phi) is 9.70. The van der Waals surface area contributed by atoms with Crippen molar-refractivity contribution in [2.75, 3.05) is 30.3 Å². The van der Waals surface area contributed by atoms with Crippen LogP contribution in [0.2, 0.25) is 0 Å². The Morgan fingerprint density at radius 1 is 1.04 bits per heavy atom. The molecule has 14 heteroatoms. The molecule has 47 heavy (non-hydrogen) atoms. The number of aliphatic hydroxyl groups excluding tert-OH is 1. The van der Waals surface area contributed by atoms with E-state index in [4.69, 9.17) is 9.47 Å². The van der Waals surface area contributed by atoms with E-state index in [-0.39, 0.29) is 31.3 Å². The molecule has 5 rings (SSSR count). The van der Waals surface area contributed by atoms with E-state index in [1.807, 2.05) is 6.92 Å². The van der Waals surface area contributed by atoms with Gasteiger partial charge in [-0.3, -0.25) is 0 Å². The summed E-state index contributed by atoms with van der Waals surface area (Å²) < 4.78 is 65.1. The number of hydrogen-bond donors (Lipinski definition) is 3. The maximum Gasteiger partial charge on any atom is 0.416 e. The van der Waals surface area contributed by atoms with Crippen LogP contribution in [-0.4, -0.2) is 80.8 Å². The number of amides is 1. The molecule has 1 aliphatic heterocycles. The van der Waals surface area contributed by atoms with Crippen LogP contribution in [0.1, 0.15) is 32.8 Å². The first kappa shape index (κ1) is 33.6. The van der Waals surface area contributed by atoms with E-state index >= 15 is 0 Å². The Hall–Kier alpha value is -4.72. The summed E-state index contributed by atoms with van der Waals surface area (Å²) in [6.07, 6.45) is -5.88. The lowest BCUT2D eigenvalue weighted by Gasteiger charge is -2.36. The van der Waals surface area contributed by atoms with Crippen molar-refractivity contribution in [1.82, 2.24) is 19.9 Å². The summed E-state index contributed by atoms with van der Waals surface area (Å²) in [5, 5.41) is 16.5. The number of likely N-dealkylation sites (tertiary alicyclic amines) is 1. The molecule has 0 bridgehead atoms. The molecule has 0 radical (unpaired) electrons. The molecule has 0 spiro atoms. The van der Waals surface area contributed by atoms with Crippen LogP contribution < -0.4 is 15.4 Å². The number of ether oxygens (including phenoxy) is 2. The van der Waals surface area contributed by atoms with E-state index < -0.39 is 42.7 Å². The van der Waals surface area contributed by atoms with Gasteiger partial charge in [0, 0.05) is 54.4 Å². The zero-order chi connectivity index (χ0) is 33.9. The number of aryl methyl sites for hydroxylation is 1. The molecule has 1 saturated heterocycles. The fourth-order valence-corrected chi connectivity index (χ4v) is 5.19. The zero-order valence-corrected chi connectivity index (χ0v) is 26.3. The summed E-state index contributed by atoms with van der Waals surface area (Å²) >= 11 is 0. The minimum Gasteiger partial charge on any atom is -0.444 e. The number of pyridine rings is 1. The van der Waals surface area contributed by atoms with Crippen molar-refractivity contribution in [2.45, 2.75) is 64.2 Å². The number of alkyl halides is 4. The number of fused-ring (bicyclic) bond motifs is 1. The zero-order valence-electron chi connectivity index (χ0n) is 26.3. The molecule has 1 aliphatic rings. The summed E-state index contributed by atoms with van der Waals surface area (Å²) in [5.41, 5.74) is 1.42. The first-order chi connectivity index (χ1) is 22.2. The number of hydrogen-bond acceptors (Lipinski definition) is 9. The lowest BCUT2D eigenvalue weighted by molar-refractivity contribution is -0.198. The van der Waals surface area contributed by atoms with Crippen molar-refractivity contribution in [3.8, 4) is 22.9 Å². The highest BCUT2D eigenvalue weighted by Gasteiger charge is 2.38. The quantitative estimate of drug-likeness (QED) is 0.174. The van der Waals surface area contributed by atoms with Gasteiger partial charge >= 0.3 is 12.3 Å². The van der Waals surface area contributed by atoms with Crippen LogP contribution in [-0.2, 0) is 4.74 Å². The topological polar surface area (TPSA) is 122 Å². The van der Waals surface area contributed by atoms with Crippen molar-refractivity contribution in [3.63, 3.8) is 0 Å². The molecule has 1 amide bonds. The molecule has 2 aromatic heterocycles. The molecule has 250 valence electrons. The van der Waals surface area contributed by atoms with Crippen LogP contribution in [0.4, 0.5) is 34.0 Å². The molecule has 4 aromatic rings. The normalized spacial score (nSPS) is 17.7. The van der Waals surface area contributed by atoms with Gasteiger partial charge in [-0.2, -0.15) is 13.2 Å². The predicted octanol–water partition coefficient (Wildman–Crippen LogP) is 6.89. The third-order valence-corrected chi connectivity index (χ3v) is 7.36. The monoisotopic (exact) mass is 656 g/mol. The Balaban J connectivity index is 1.38. The Morgan fingerprint density at radius 3 is 2.57 bits per heavy atom. The molecular weight excluding hydrogens is 620 g/mol. The molecule has 0 aliphatic carbocycles. The number of carbonyl (C=O) groups excluding carboxylic acids is 1. The molecule has 3 atom stereocenters. The van der Waals surface area contributed by atoms with E-state index in [1.54, 1.807) is 81.7 Å². The number of carbonyl (C=O) groups is 1. The summed E-state index contributed by atoms with van der Waals surface area (Å²) in [5.74, 6) is 0.878. The van der Waals surface area contributed by atoms with Gasteiger partial charge < -0.3 is 30.1 Å². The molecule has 2 aromatic carbocycles. The van der Waals surface area contributed by atoms with E-state index in [0.717, 1.165) is 5.56 Å². The molecule has 3 heterocycles. The molecule has 0 saturated carbocycles. The van der Waals surface area contributed by atoms with Gasteiger partial charge in [-0.15, -0.1) is 0 Å². The number of aliphatic hydroxyl groups is 1. The number of aromatic nitrogens is 3. The maximum absolute atomic E-state index is 14.7. The van der Waals surface area contributed by atoms with Gasteiger partial charge in [0.2, 0.25) is 11.8 Å². The van der Waals surface area contributed by atoms with Gasteiger partial charge in [-0.25, -0.2) is 24.1 Å². The summed E-state index contributed by atoms with van der Waals surface area (Å²) in [7, 11) is 0. The number of nitrogens with zero attached hydrogens (tertiary/aromatic N) is 4. The second-order valence-electron chi connectivity index (χ2n) is 12.3. The molecule has 10 nitrogen and oxygen atoms in total. The predicted molar refractivity (Wildman–Crippen MR) is 169 cm³/mol. The van der Waals surface area contributed by atoms with Gasteiger partial charge in [0.15, 0.2) is 6.10 Å². The lowest BCUT2D eigenvalue weighted by atomic mass is 10.0. The Morgan fingerprint density at radius 2 is 1.83 bits per heavy atom. The number of nitrogens with one attached hydrogen (secondary N) is 2. The van der Waals surface area contributed by atoms with Crippen LogP contribution >= 0.6 is 0 Å². The van der Waals surface area contributed by atoms with E-state index in [0.29, 0.717) is 33.5 Å². The van der Waals surface area contributed by atoms with E-state index in [2.05, 4.69) is 25.6 Å².